The van der Waals surface area contributed by atoms with E-state index in [9.17, 15) is 0 Å². The van der Waals surface area contributed by atoms with Crippen LogP contribution in [0, 0.1) is 0 Å². The molecule has 1 aromatic carbocycles. The van der Waals surface area contributed by atoms with Crippen LogP contribution in [0.5, 0.6) is 0 Å². The third-order valence-corrected chi connectivity index (χ3v) is 7.10. The SMILES string of the molecule is CCN1CCN(c2nc(Cc3ccccc3)nc3sc4c(c23)CCC4)CC1. The van der Waals surface area contributed by atoms with Crippen LogP contribution in [0.25, 0.3) is 10.2 Å². The number of hydrogen-bond donors (Lipinski definition) is 0. The number of fused-ring (bicyclic) bond motifs is 3. The highest BCUT2D eigenvalue weighted by atomic mass is 32.1. The second kappa shape index (κ2) is 7.21. The number of aromatic nitrogens is 2. The van der Waals surface area contributed by atoms with Crippen molar-refractivity contribution in [3.05, 3.63) is 52.2 Å². The molecular formula is C22H26N4S. The fourth-order valence-electron chi connectivity index (χ4n) is 4.38. The van der Waals surface area contributed by atoms with Crippen molar-refractivity contribution in [2.75, 3.05) is 37.6 Å². The Morgan fingerprint density at radius 2 is 1.81 bits per heavy atom. The molecule has 0 spiro atoms. The van der Waals surface area contributed by atoms with Crippen LogP contribution in [0.15, 0.2) is 30.3 Å². The van der Waals surface area contributed by atoms with Crippen LogP contribution < -0.4 is 4.90 Å². The number of thiophene rings is 1. The summed E-state index contributed by atoms with van der Waals surface area (Å²) < 4.78 is 0. The first-order chi connectivity index (χ1) is 13.3. The summed E-state index contributed by atoms with van der Waals surface area (Å²) in [5.41, 5.74) is 2.82. The number of likely N-dealkylation sites (N-methyl/N-ethyl adjacent to an activating group) is 1. The topological polar surface area (TPSA) is 32.3 Å². The Balaban J connectivity index is 1.56. The highest BCUT2D eigenvalue weighted by molar-refractivity contribution is 7.19. The highest BCUT2D eigenvalue weighted by Gasteiger charge is 2.26. The van der Waals surface area contributed by atoms with E-state index in [1.165, 1.54) is 46.4 Å². The van der Waals surface area contributed by atoms with Gasteiger partial charge in [0, 0.05) is 37.5 Å². The summed E-state index contributed by atoms with van der Waals surface area (Å²) in [6, 6.07) is 10.6. The van der Waals surface area contributed by atoms with Crippen LogP contribution in [0.1, 0.15) is 35.2 Å². The summed E-state index contributed by atoms with van der Waals surface area (Å²) >= 11 is 1.91. The van der Waals surface area contributed by atoms with Gasteiger partial charge >= 0.3 is 0 Å². The summed E-state index contributed by atoms with van der Waals surface area (Å²) in [5, 5.41) is 1.36. The molecule has 0 N–H and O–H groups in total. The molecule has 27 heavy (non-hydrogen) atoms. The molecule has 1 aliphatic heterocycles. The van der Waals surface area contributed by atoms with Crippen molar-refractivity contribution in [3.63, 3.8) is 0 Å². The van der Waals surface area contributed by atoms with Gasteiger partial charge in [0.15, 0.2) is 0 Å². The minimum atomic E-state index is 0.807. The van der Waals surface area contributed by atoms with Crippen molar-refractivity contribution < 1.29 is 0 Å². The van der Waals surface area contributed by atoms with E-state index < -0.39 is 0 Å². The van der Waals surface area contributed by atoms with Crippen molar-refractivity contribution in [3.8, 4) is 0 Å². The summed E-state index contributed by atoms with van der Waals surface area (Å²) in [5.74, 6) is 2.16. The number of anilines is 1. The normalized spacial score (nSPS) is 17.6. The smallest absolute Gasteiger partial charge is 0.141 e. The van der Waals surface area contributed by atoms with Gasteiger partial charge in [-0.25, -0.2) is 9.97 Å². The predicted molar refractivity (Wildman–Crippen MR) is 113 cm³/mol. The Morgan fingerprint density at radius 3 is 2.59 bits per heavy atom. The summed E-state index contributed by atoms with van der Waals surface area (Å²) in [6.07, 6.45) is 4.50. The predicted octanol–water partition coefficient (Wildman–Crippen LogP) is 3.91. The lowest BCUT2D eigenvalue weighted by Crippen LogP contribution is -2.46. The molecule has 5 heteroatoms. The number of rotatable bonds is 4. The molecular weight excluding hydrogens is 352 g/mol. The molecule has 3 aromatic rings. The minimum Gasteiger partial charge on any atom is -0.353 e. The maximum Gasteiger partial charge on any atom is 0.141 e. The van der Waals surface area contributed by atoms with Crippen LogP contribution in [0.3, 0.4) is 0 Å². The van der Waals surface area contributed by atoms with Gasteiger partial charge in [0.2, 0.25) is 0 Å². The fourth-order valence-corrected chi connectivity index (χ4v) is 5.66. The van der Waals surface area contributed by atoms with Gasteiger partial charge in [-0.3, -0.25) is 0 Å². The number of nitrogens with zero attached hydrogens (tertiary/aromatic N) is 4. The molecule has 0 amide bonds. The first-order valence-corrected chi connectivity index (χ1v) is 11.0. The zero-order chi connectivity index (χ0) is 18.2. The van der Waals surface area contributed by atoms with Crippen molar-refractivity contribution in [2.24, 2.45) is 0 Å². The average Bonchev–Trinajstić information content (AvgIpc) is 3.29. The Labute approximate surface area is 164 Å². The van der Waals surface area contributed by atoms with Crippen LogP contribution in [-0.4, -0.2) is 47.6 Å². The summed E-state index contributed by atoms with van der Waals surface area (Å²) in [7, 11) is 0. The molecule has 4 nitrogen and oxygen atoms in total. The number of piperazine rings is 1. The van der Waals surface area contributed by atoms with Crippen molar-refractivity contribution >= 4 is 27.4 Å². The third-order valence-electron chi connectivity index (χ3n) is 5.92. The Morgan fingerprint density at radius 1 is 1.00 bits per heavy atom. The lowest BCUT2D eigenvalue weighted by Gasteiger charge is -2.35. The first-order valence-electron chi connectivity index (χ1n) is 10.1. The number of aryl methyl sites for hydroxylation is 2. The van der Waals surface area contributed by atoms with Gasteiger partial charge < -0.3 is 9.80 Å². The van der Waals surface area contributed by atoms with Gasteiger partial charge in [0.05, 0.1) is 5.39 Å². The molecule has 3 heterocycles. The maximum absolute atomic E-state index is 5.12. The molecule has 0 atom stereocenters. The lowest BCUT2D eigenvalue weighted by molar-refractivity contribution is 0.270. The van der Waals surface area contributed by atoms with Crippen molar-refractivity contribution in [1.82, 2.24) is 14.9 Å². The standard InChI is InChI=1S/C22H26N4S/c1-2-25-11-13-26(14-12-25)21-20-17-9-6-10-18(17)27-22(20)24-19(23-21)15-16-7-4-3-5-8-16/h3-5,7-8H,2,6,9-15H2,1H3. The molecule has 0 saturated carbocycles. The first kappa shape index (κ1) is 17.1. The molecule has 5 rings (SSSR count). The lowest BCUT2D eigenvalue weighted by atomic mass is 10.1. The monoisotopic (exact) mass is 378 g/mol. The fraction of sp³-hybridized carbons (Fsp3) is 0.455. The second-order valence-electron chi connectivity index (χ2n) is 7.58. The Kier molecular flexibility index (Phi) is 4.58. The van der Waals surface area contributed by atoms with Gasteiger partial charge in [-0.2, -0.15) is 0 Å². The summed E-state index contributed by atoms with van der Waals surface area (Å²) in [4.78, 5) is 17.9. The van der Waals surface area contributed by atoms with Crippen LogP contribution >= 0.6 is 11.3 Å². The molecule has 0 unspecified atom stereocenters. The van der Waals surface area contributed by atoms with Gasteiger partial charge in [0.1, 0.15) is 16.5 Å². The largest absolute Gasteiger partial charge is 0.353 e. The molecule has 0 bridgehead atoms. The van der Waals surface area contributed by atoms with E-state index in [-0.39, 0.29) is 0 Å². The van der Waals surface area contributed by atoms with Crippen molar-refractivity contribution in [1.29, 1.82) is 0 Å². The molecule has 1 saturated heterocycles. The van der Waals surface area contributed by atoms with E-state index in [4.69, 9.17) is 9.97 Å². The average molecular weight is 379 g/mol. The van der Waals surface area contributed by atoms with Gasteiger partial charge in [-0.1, -0.05) is 37.3 Å². The quantitative estimate of drug-likeness (QED) is 0.689. The van der Waals surface area contributed by atoms with Crippen LogP contribution in [0.2, 0.25) is 0 Å². The maximum atomic E-state index is 5.12. The molecule has 140 valence electrons. The molecule has 2 aromatic heterocycles. The Bertz CT molecular complexity index is 942. The third kappa shape index (κ3) is 3.23. The van der Waals surface area contributed by atoms with E-state index in [0.29, 0.717) is 0 Å². The van der Waals surface area contributed by atoms with E-state index in [1.807, 2.05) is 11.3 Å². The van der Waals surface area contributed by atoms with Crippen molar-refractivity contribution in [2.45, 2.75) is 32.6 Å². The summed E-state index contributed by atoms with van der Waals surface area (Å²) in [6.45, 7) is 7.78. The van der Waals surface area contributed by atoms with E-state index in [2.05, 4.69) is 47.1 Å². The van der Waals surface area contributed by atoms with E-state index >= 15 is 0 Å². The second-order valence-corrected chi connectivity index (χ2v) is 8.67. The highest BCUT2D eigenvalue weighted by Crippen LogP contribution is 2.40. The van der Waals surface area contributed by atoms with Gasteiger partial charge in [0.25, 0.3) is 0 Å². The zero-order valence-electron chi connectivity index (χ0n) is 15.9. The van der Waals surface area contributed by atoms with Crippen LogP contribution in [0.4, 0.5) is 5.82 Å². The van der Waals surface area contributed by atoms with Crippen LogP contribution in [-0.2, 0) is 19.3 Å². The zero-order valence-corrected chi connectivity index (χ0v) is 16.8. The van der Waals surface area contributed by atoms with Gasteiger partial charge in [-0.05, 0) is 36.9 Å². The molecule has 2 aliphatic rings. The molecule has 0 radical (unpaired) electrons. The molecule has 1 aliphatic carbocycles. The molecule has 1 fully saturated rings. The minimum absolute atomic E-state index is 0.807. The Hall–Kier alpha value is -1.98. The van der Waals surface area contributed by atoms with Gasteiger partial charge in [-0.15, -0.1) is 11.3 Å². The van der Waals surface area contributed by atoms with E-state index in [1.54, 1.807) is 4.88 Å². The number of hydrogen-bond acceptors (Lipinski definition) is 5. The number of benzene rings is 1. The van der Waals surface area contributed by atoms with E-state index in [0.717, 1.165) is 45.0 Å².